The van der Waals surface area contributed by atoms with Crippen LogP contribution in [0.1, 0.15) is 24.3 Å². The Labute approximate surface area is 87.5 Å². The zero-order valence-electron chi connectivity index (χ0n) is 8.34. The second-order valence-corrected chi connectivity index (χ2v) is 4.48. The fourth-order valence-electron chi connectivity index (χ4n) is 2.59. The van der Waals surface area contributed by atoms with Gasteiger partial charge in [0.1, 0.15) is 0 Å². The Morgan fingerprint density at radius 2 is 2.00 bits per heavy atom. The van der Waals surface area contributed by atoms with Crippen LogP contribution in [0.2, 0.25) is 0 Å². The molecule has 1 aliphatic heterocycles. The monoisotopic (exact) mass is 209 g/mol. The molecule has 0 saturated heterocycles. The molecule has 0 radical (unpaired) electrons. The highest BCUT2D eigenvalue weighted by molar-refractivity contribution is 5.55. The van der Waals surface area contributed by atoms with Crippen LogP contribution >= 0.6 is 0 Å². The molecular weight excluding hydrogens is 196 g/mol. The lowest BCUT2D eigenvalue weighted by Gasteiger charge is -2.26. The molecule has 1 aromatic rings. The average molecular weight is 209 g/mol. The van der Waals surface area contributed by atoms with E-state index >= 15 is 0 Å². The maximum Gasteiger partial charge on any atom is 0.252 e. The van der Waals surface area contributed by atoms with Gasteiger partial charge >= 0.3 is 0 Å². The summed E-state index contributed by atoms with van der Waals surface area (Å²) in [7, 11) is 0. The fraction of sp³-hybridized carbons (Fsp3) is 0.500. The summed E-state index contributed by atoms with van der Waals surface area (Å²) in [5, 5.41) is 3.26. The third-order valence-corrected chi connectivity index (χ3v) is 3.49. The van der Waals surface area contributed by atoms with Gasteiger partial charge in [-0.15, -0.1) is 0 Å². The highest BCUT2D eigenvalue weighted by Crippen LogP contribution is 2.58. The Kier molecular flexibility index (Phi) is 1.79. The molecule has 3 heteroatoms. The van der Waals surface area contributed by atoms with E-state index in [1.165, 1.54) is 0 Å². The Balaban J connectivity index is 1.94. The van der Waals surface area contributed by atoms with Gasteiger partial charge in [0.2, 0.25) is 0 Å². The van der Waals surface area contributed by atoms with Crippen LogP contribution < -0.4 is 5.32 Å². The predicted molar refractivity (Wildman–Crippen MR) is 55.3 cm³/mol. The van der Waals surface area contributed by atoms with Gasteiger partial charge < -0.3 is 5.32 Å². The van der Waals surface area contributed by atoms with Crippen LogP contribution in [0.15, 0.2) is 24.3 Å². The van der Waals surface area contributed by atoms with Gasteiger partial charge in [-0.25, -0.2) is 8.78 Å². The Morgan fingerprint density at radius 1 is 1.27 bits per heavy atom. The van der Waals surface area contributed by atoms with Gasteiger partial charge in [0.15, 0.2) is 0 Å². The highest BCUT2D eigenvalue weighted by atomic mass is 19.3. The summed E-state index contributed by atoms with van der Waals surface area (Å²) in [5.74, 6) is -2.77. The van der Waals surface area contributed by atoms with E-state index in [2.05, 4.69) is 5.32 Å². The molecule has 2 atom stereocenters. The molecule has 1 aliphatic carbocycles. The van der Waals surface area contributed by atoms with Crippen LogP contribution in [0.25, 0.3) is 0 Å². The highest BCUT2D eigenvalue weighted by Gasteiger charge is 2.60. The number of rotatable bonds is 1. The first-order valence-corrected chi connectivity index (χ1v) is 5.39. The molecule has 1 nitrogen and oxygen atoms in total. The van der Waals surface area contributed by atoms with Gasteiger partial charge in [0, 0.05) is 24.6 Å². The van der Waals surface area contributed by atoms with Gasteiger partial charge in [0.25, 0.3) is 5.92 Å². The van der Waals surface area contributed by atoms with Crippen molar-refractivity contribution < 1.29 is 8.78 Å². The summed E-state index contributed by atoms with van der Waals surface area (Å²) in [5.41, 5.74) is 2.11. The van der Waals surface area contributed by atoms with E-state index in [9.17, 15) is 8.78 Å². The molecule has 1 N–H and O–H groups in total. The fourth-order valence-corrected chi connectivity index (χ4v) is 2.59. The molecule has 3 rings (SSSR count). The SMILES string of the molecule is FC1(F)C[C@H]1[C@H]1CCNc2ccccc21. The van der Waals surface area contributed by atoms with Crippen LogP contribution in [0.4, 0.5) is 14.5 Å². The largest absolute Gasteiger partial charge is 0.385 e. The summed E-state index contributed by atoms with van der Waals surface area (Å²) in [6, 6.07) is 7.82. The van der Waals surface area contributed by atoms with E-state index in [1.807, 2.05) is 24.3 Å². The third-order valence-electron chi connectivity index (χ3n) is 3.49. The normalized spacial score (nSPS) is 31.6. The van der Waals surface area contributed by atoms with Gasteiger partial charge in [-0.2, -0.15) is 0 Å². The number of nitrogens with one attached hydrogen (secondary N) is 1. The molecule has 1 fully saturated rings. The number of fused-ring (bicyclic) bond motifs is 1. The first kappa shape index (κ1) is 9.13. The molecule has 1 aromatic carbocycles. The van der Waals surface area contributed by atoms with Crippen molar-refractivity contribution in [2.24, 2.45) is 5.92 Å². The molecular formula is C12H13F2N. The summed E-state index contributed by atoms with van der Waals surface area (Å²) in [4.78, 5) is 0. The molecule has 80 valence electrons. The lowest BCUT2D eigenvalue weighted by atomic mass is 9.87. The van der Waals surface area contributed by atoms with Crippen molar-refractivity contribution in [3.8, 4) is 0 Å². The molecule has 1 saturated carbocycles. The average Bonchev–Trinajstić information content (AvgIpc) is 2.87. The Hall–Kier alpha value is -1.12. The standard InChI is InChI=1S/C12H13F2N/c13-12(14)7-10(12)8-5-6-15-11-4-2-1-3-9(8)11/h1-4,8,10,15H,5-7H2/t8-,10-/m0/s1. The molecule has 1 heterocycles. The second-order valence-electron chi connectivity index (χ2n) is 4.48. The predicted octanol–water partition coefficient (Wildman–Crippen LogP) is 3.24. The lowest BCUT2D eigenvalue weighted by molar-refractivity contribution is 0.0920. The van der Waals surface area contributed by atoms with E-state index in [0.717, 1.165) is 24.2 Å². The number of hydrogen-bond acceptors (Lipinski definition) is 1. The Bertz CT molecular complexity index is 389. The van der Waals surface area contributed by atoms with Crippen molar-refractivity contribution in [2.75, 3.05) is 11.9 Å². The van der Waals surface area contributed by atoms with Crippen molar-refractivity contribution >= 4 is 5.69 Å². The van der Waals surface area contributed by atoms with E-state index in [4.69, 9.17) is 0 Å². The minimum atomic E-state index is -2.41. The molecule has 15 heavy (non-hydrogen) atoms. The van der Waals surface area contributed by atoms with Gasteiger partial charge in [-0.05, 0) is 24.0 Å². The van der Waals surface area contributed by atoms with Crippen molar-refractivity contribution in [3.05, 3.63) is 29.8 Å². The summed E-state index contributed by atoms with van der Waals surface area (Å²) in [6.45, 7) is 0.814. The lowest BCUT2D eigenvalue weighted by Crippen LogP contribution is -2.19. The van der Waals surface area contributed by atoms with Crippen molar-refractivity contribution in [2.45, 2.75) is 24.7 Å². The van der Waals surface area contributed by atoms with E-state index < -0.39 is 11.8 Å². The summed E-state index contributed by atoms with van der Waals surface area (Å²) >= 11 is 0. The number of halogens is 2. The molecule has 2 aliphatic rings. The van der Waals surface area contributed by atoms with Crippen LogP contribution in [0.5, 0.6) is 0 Å². The van der Waals surface area contributed by atoms with Crippen molar-refractivity contribution in [3.63, 3.8) is 0 Å². The molecule has 0 bridgehead atoms. The maximum atomic E-state index is 13.1. The minimum Gasteiger partial charge on any atom is -0.385 e. The van der Waals surface area contributed by atoms with Gasteiger partial charge in [-0.3, -0.25) is 0 Å². The zero-order valence-corrected chi connectivity index (χ0v) is 8.34. The third kappa shape index (κ3) is 1.41. The van der Waals surface area contributed by atoms with E-state index in [1.54, 1.807) is 0 Å². The summed E-state index contributed by atoms with van der Waals surface area (Å²) in [6.07, 6.45) is 0.906. The molecule has 0 unspecified atom stereocenters. The number of benzene rings is 1. The quantitative estimate of drug-likeness (QED) is 0.748. The van der Waals surface area contributed by atoms with Gasteiger partial charge in [0.05, 0.1) is 0 Å². The first-order chi connectivity index (χ1) is 7.18. The first-order valence-electron chi connectivity index (χ1n) is 5.39. The Morgan fingerprint density at radius 3 is 2.73 bits per heavy atom. The number of alkyl halides is 2. The smallest absolute Gasteiger partial charge is 0.252 e. The van der Waals surface area contributed by atoms with Crippen LogP contribution in [-0.4, -0.2) is 12.5 Å². The molecule has 0 aromatic heterocycles. The van der Waals surface area contributed by atoms with Gasteiger partial charge in [-0.1, -0.05) is 18.2 Å². The topological polar surface area (TPSA) is 12.0 Å². The minimum absolute atomic E-state index is 0.0532. The maximum absolute atomic E-state index is 13.1. The van der Waals surface area contributed by atoms with E-state index in [-0.39, 0.29) is 12.3 Å². The zero-order chi connectivity index (χ0) is 10.5. The van der Waals surface area contributed by atoms with Crippen LogP contribution in [0.3, 0.4) is 0 Å². The van der Waals surface area contributed by atoms with Crippen molar-refractivity contribution in [1.29, 1.82) is 0 Å². The molecule has 0 spiro atoms. The second kappa shape index (κ2) is 2.94. The molecule has 0 amide bonds. The van der Waals surface area contributed by atoms with Crippen LogP contribution in [0, 0.1) is 5.92 Å². The van der Waals surface area contributed by atoms with Crippen molar-refractivity contribution in [1.82, 2.24) is 0 Å². The van der Waals surface area contributed by atoms with Crippen LogP contribution in [-0.2, 0) is 0 Å². The summed E-state index contributed by atoms with van der Waals surface area (Å²) < 4.78 is 26.1. The number of anilines is 1. The number of para-hydroxylation sites is 1. The van der Waals surface area contributed by atoms with E-state index in [0.29, 0.717) is 0 Å². The number of hydrogen-bond donors (Lipinski definition) is 1.